The number of hydrogen-bond donors (Lipinski definition) is 1. The molecule has 7 heteroatoms. The minimum Gasteiger partial charge on any atom is -0.456 e. The summed E-state index contributed by atoms with van der Waals surface area (Å²) in [4.78, 5) is 50.5. The molecule has 7 nitrogen and oxygen atoms in total. The number of carbonyl (C=O) groups is 4. The molecule has 0 radical (unpaired) electrons. The summed E-state index contributed by atoms with van der Waals surface area (Å²) >= 11 is 0. The molecule has 162 valence electrons. The number of hydrogen-bond acceptors (Lipinski definition) is 5. The highest BCUT2D eigenvalue weighted by molar-refractivity contribution is 6.08. The molecule has 0 saturated carbocycles. The Balaban J connectivity index is 1.55. The number of amides is 3. The molecule has 1 saturated heterocycles. The van der Waals surface area contributed by atoms with Crippen LogP contribution in [0.15, 0.2) is 48.5 Å². The van der Waals surface area contributed by atoms with Crippen molar-refractivity contribution in [2.24, 2.45) is 0 Å². The van der Waals surface area contributed by atoms with E-state index in [-0.39, 0.29) is 5.78 Å². The van der Waals surface area contributed by atoms with Crippen LogP contribution >= 0.6 is 0 Å². The first-order valence-electron chi connectivity index (χ1n) is 10.1. The van der Waals surface area contributed by atoms with E-state index in [4.69, 9.17) is 4.74 Å². The van der Waals surface area contributed by atoms with Crippen molar-refractivity contribution in [3.63, 3.8) is 0 Å². The Labute approximate surface area is 181 Å². The zero-order valence-corrected chi connectivity index (χ0v) is 17.9. The van der Waals surface area contributed by atoms with E-state index in [1.165, 1.54) is 0 Å². The number of rotatable bonds is 8. The summed E-state index contributed by atoms with van der Waals surface area (Å²) in [6.07, 6.45) is 1.00. The Kier molecular flexibility index (Phi) is 6.53. The van der Waals surface area contributed by atoms with Crippen LogP contribution in [0.2, 0.25) is 0 Å². The van der Waals surface area contributed by atoms with Crippen LogP contribution in [0.25, 0.3) is 0 Å². The molecule has 1 heterocycles. The molecule has 2 aromatic rings. The van der Waals surface area contributed by atoms with Crippen molar-refractivity contribution in [1.29, 1.82) is 0 Å². The second-order valence-corrected chi connectivity index (χ2v) is 8.04. The fourth-order valence-corrected chi connectivity index (χ4v) is 3.62. The van der Waals surface area contributed by atoms with Crippen LogP contribution in [-0.2, 0) is 20.7 Å². The van der Waals surface area contributed by atoms with E-state index in [2.05, 4.69) is 5.32 Å². The highest BCUT2D eigenvalue weighted by atomic mass is 16.5. The van der Waals surface area contributed by atoms with E-state index in [0.717, 1.165) is 21.6 Å². The van der Waals surface area contributed by atoms with Crippen molar-refractivity contribution in [3.05, 3.63) is 70.8 Å². The first kappa shape index (κ1) is 22.2. The Hall–Kier alpha value is -3.48. The maximum atomic E-state index is 12.8. The first-order chi connectivity index (χ1) is 14.7. The Morgan fingerprint density at radius 2 is 1.77 bits per heavy atom. The van der Waals surface area contributed by atoms with Gasteiger partial charge in [-0.25, -0.2) is 4.79 Å². The summed E-state index contributed by atoms with van der Waals surface area (Å²) < 4.78 is 5.04. The summed E-state index contributed by atoms with van der Waals surface area (Å²) in [6, 6.07) is 14.4. The van der Waals surface area contributed by atoms with Crippen LogP contribution in [-0.4, -0.2) is 47.3 Å². The van der Waals surface area contributed by atoms with Gasteiger partial charge in [0.2, 0.25) is 5.78 Å². The van der Waals surface area contributed by atoms with Gasteiger partial charge in [-0.1, -0.05) is 54.1 Å². The molecule has 0 unspecified atom stereocenters. The smallest absolute Gasteiger partial charge is 0.326 e. The second kappa shape index (κ2) is 9.12. The van der Waals surface area contributed by atoms with Crippen molar-refractivity contribution in [2.75, 3.05) is 13.2 Å². The third-order valence-corrected chi connectivity index (χ3v) is 5.44. The molecule has 1 N–H and O–H groups in total. The Morgan fingerprint density at radius 3 is 2.45 bits per heavy atom. The van der Waals surface area contributed by atoms with Gasteiger partial charge in [0.1, 0.15) is 12.1 Å². The molecule has 31 heavy (non-hydrogen) atoms. The van der Waals surface area contributed by atoms with Gasteiger partial charge in [0, 0.05) is 5.56 Å². The van der Waals surface area contributed by atoms with Crippen LogP contribution in [0.4, 0.5) is 4.79 Å². The first-order valence-corrected chi connectivity index (χ1v) is 10.1. The third kappa shape index (κ3) is 5.17. The van der Waals surface area contributed by atoms with Gasteiger partial charge < -0.3 is 10.1 Å². The number of ether oxygens (including phenoxy) is 1. The number of ketones is 1. The van der Waals surface area contributed by atoms with Crippen molar-refractivity contribution >= 4 is 23.7 Å². The highest BCUT2D eigenvalue weighted by Crippen LogP contribution is 2.23. The van der Waals surface area contributed by atoms with Gasteiger partial charge in [0.25, 0.3) is 5.91 Å². The number of imide groups is 1. The van der Waals surface area contributed by atoms with E-state index in [1.54, 1.807) is 13.0 Å². The number of esters is 1. The topological polar surface area (TPSA) is 92.8 Å². The van der Waals surface area contributed by atoms with Crippen LogP contribution in [0.3, 0.4) is 0 Å². The van der Waals surface area contributed by atoms with Crippen molar-refractivity contribution in [2.45, 2.75) is 39.2 Å². The molecule has 2 aromatic carbocycles. The molecule has 1 atom stereocenters. The number of urea groups is 1. The summed E-state index contributed by atoms with van der Waals surface area (Å²) in [5, 5.41) is 2.67. The van der Waals surface area contributed by atoms with E-state index in [1.807, 2.05) is 56.3 Å². The van der Waals surface area contributed by atoms with Crippen molar-refractivity contribution in [3.8, 4) is 0 Å². The zero-order chi connectivity index (χ0) is 22.6. The lowest BCUT2D eigenvalue weighted by Crippen LogP contribution is -2.44. The average molecular weight is 422 g/mol. The number of aryl methyl sites for hydroxylation is 3. The lowest BCUT2D eigenvalue weighted by molar-refractivity contribution is -0.146. The van der Waals surface area contributed by atoms with Gasteiger partial charge in [0.15, 0.2) is 6.61 Å². The fourth-order valence-electron chi connectivity index (χ4n) is 3.62. The molecule has 0 bridgehead atoms. The molecule has 3 amide bonds. The molecule has 0 spiro atoms. The predicted molar refractivity (Wildman–Crippen MR) is 115 cm³/mol. The third-order valence-electron chi connectivity index (χ3n) is 5.44. The molecule has 0 aliphatic carbocycles. The summed E-state index contributed by atoms with van der Waals surface area (Å²) in [6.45, 7) is 4.40. The van der Waals surface area contributed by atoms with Gasteiger partial charge in [-0.05, 0) is 44.7 Å². The van der Waals surface area contributed by atoms with Gasteiger partial charge in [-0.3, -0.25) is 19.3 Å². The van der Waals surface area contributed by atoms with Crippen LogP contribution in [0, 0.1) is 13.8 Å². The predicted octanol–water partition coefficient (Wildman–Crippen LogP) is 2.97. The summed E-state index contributed by atoms with van der Waals surface area (Å²) in [5.74, 6) is -1.63. The molecular weight excluding hydrogens is 396 g/mol. The number of Topliss-reactive ketones (excluding diaryl/α,β-unsaturated/α-hetero) is 1. The Morgan fingerprint density at radius 1 is 1.06 bits per heavy atom. The average Bonchev–Trinajstić information content (AvgIpc) is 2.94. The number of benzene rings is 2. The molecule has 1 aliphatic heterocycles. The lowest BCUT2D eigenvalue weighted by atomic mass is 9.93. The largest absolute Gasteiger partial charge is 0.456 e. The molecular formula is C24H26N2O5. The summed E-state index contributed by atoms with van der Waals surface area (Å²) in [5.41, 5.74) is 2.25. The maximum absolute atomic E-state index is 12.8. The minimum atomic E-state index is -1.10. The van der Waals surface area contributed by atoms with Crippen LogP contribution < -0.4 is 5.32 Å². The number of nitrogens with one attached hydrogen (secondary N) is 1. The van der Waals surface area contributed by atoms with Gasteiger partial charge in [-0.2, -0.15) is 0 Å². The van der Waals surface area contributed by atoms with Gasteiger partial charge >= 0.3 is 12.0 Å². The van der Waals surface area contributed by atoms with E-state index in [0.29, 0.717) is 18.4 Å². The summed E-state index contributed by atoms with van der Waals surface area (Å²) in [7, 11) is 0. The van der Waals surface area contributed by atoms with Crippen LogP contribution in [0.1, 0.15) is 40.4 Å². The molecule has 1 aliphatic rings. The normalized spacial score (nSPS) is 18.1. The molecule has 3 rings (SSSR count). The number of nitrogens with zero attached hydrogens (tertiary/aromatic N) is 1. The zero-order valence-electron chi connectivity index (χ0n) is 17.9. The lowest BCUT2D eigenvalue weighted by Gasteiger charge is -2.21. The molecule has 1 fully saturated rings. The monoisotopic (exact) mass is 422 g/mol. The van der Waals surface area contributed by atoms with Gasteiger partial charge in [-0.15, -0.1) is 0 Å². The van der Waals surface area contributed by atoms with Crippen molar-refractivity contribution in [1.82, 2.24) is 10.2 Å². The maximum Gasteiger partial charge on any atom is 0.326 e. The van der Waals surface area contributed by atoms with E-state index >= 15 is 0 Å². The SMILES string of the molecule is Cc1ccc(C(=O)COC(=O)CN2C(=O)N[C@](C)(CCc3ccccc3)C2=O)c(C)c1. The quantitative estimate of drug-likeness (QED) is 0.401. The standard InChI is InChI=1S/C24H26N2O5/c1-16-9-10-19(17(2)13-16)20(27)15-31-21(28)14-26-22(29)24(3,25-23(26)30)12-11-18-7-5-4-6-8-18/h4-10,13H,11-12,14-15H2,1-3H3,(H,25,30)/t24-/m1/s1. The number of carbonyl (C=O) groups excluding carboxylic acids is 4. The van der Waals surface area contributed by atoms with Crippen molar-refractivity contribution < 1.29 is 23.9 Å². The second-order valence-electron chi connectivity index (χ2n) is 8.04. The van der Waals surface area contributed by atoms with E-state index in [9.17, 15) is 19.2 Å². The van der Waals surface area contributed by atoms with E-state index < -0.39 is 36.6 Å². The highest BCUT2D eigenvalue weighted by Gasteiger charge is 2.48. The minimum absolute atomic E-state index is 0.337. The van der Waals surface area contributed by atoms with Gasteiger partial charge in [0.05, 0.1) is 0 Å². The van der Waals surface area contributed by atoms with Crippen LogP contribution in [0.5, 0.6) is 0 Å². The fraction of sp³-hybridized carbons (Fsp3) is 0.333. The molecule has 0 aromatic heterocycles. The Bertz CT molecular complexity index is 1020.